The van der Waals surface area contributed by atoms with Crippen LogP contribution in [0.15, 0.2) is 18.3 Å². The second-order valence-corrected chi connectivity index (χ2v) is 5.63. The maximum absolute atomic E-state index is 11.9. The Morgan fingerprint density at radius 1 is 1.40 bits per heavy atom. The zero-order valence-corrected chi connectivity index (χ0v) is 12.6. The number of amides is 1. The summed E-state index contributed by atoms with van der Waals surface area (Å²) in [6.07, 6.45) is 5.50. The van der Waals surface area contributed by atoms with E-state index in [1.165, 1.54) is 19.3 Å². The van der Waals surface area contributed by atoms with Gasteiger partial charge in [-0.15, -0.1) is 0 Å². The van der Waals surface area contributed by atoms with Gasteiger partial charge in [0.05, 0.1) is 0 Å². The molecule has 0 radical (unpaired) electrons. The molecule has 1 atom stereocenters. The normalized spacial score (nSPS) is 18.6. The number of carbonyl (C=O) groups is 1. The van der Waals surface area contributed by atoms with E-state index >= 15 is 0 Å². The van der Waals surface area contributed by atoms with Crippen LogP contribution in [-0.2, 0) is 0 Å². The van der Waals surface area contributed by atoms with Crippen molar-refractivity contribution in [2.75, 3.05) is 39.1 Å². The van der Waals surface area contributed by atoms with Gasteiger partial charge >= 0.3 is 0 Å². The summed E-state index contributed by atoms with van der Waals surface area (Å²) >= 11 is 0. The lowest BCUT2D eigenvalue weighted by Crippen LogP contribution is -2.42. The summed E-state index contributed by atoms with van der Waals surface area (Å²) in [5, 5.41) is 3.54. The first kappa shape index (κ1) is 14.8. The van der Waals surface area contributed by atoms with Crippen LogP contribution in [0, 0.1) is 0 Å². The number of rotatable bonds is 4. The molecular weight excluding hydrogens is 252 g/mol. The summed E-state index contributed by atoms with van der Waals surface area (Å²) in [5.41, 5.74) is 1.54. The first-order valence-electron chi connectivity index (χ1n) is 7.20. The molecule has 1 saturated heterocycles. The fourth-order valence-electron chi connectivity index (χ4n) is 2.52. The molecule has 1 unspecified atom stereocenters. The van der Waals surface area contributed by atoms with Crippen molar-refractivity contribution in [3.8, 4) is 0 Å². The summed E-state index contributed by atoms with van der Waals surface area (Å²) in [6, 6.07) is 4.36. The molecule has 1 aromatic rings. The van der Waals surface area contributed by atoms with Gasteiger partial charge in [-0.2, -0.15) is 0 Å². The summed E-state index contributed by atoms with van der Waals surface area (Å²) in [6.45, 7) is 2.07. The molecule has 20 heavy (non-hydrogen) atoms. The number of hydrogen-bond donors (Lipinski definition) is 1. The van der Waals surface area contributed by atoms with Gasteiger partial charge in [0.15, 0.2) is 0 Å². The Kier molecular flexibility index (Phi) is 4.95. The number of hydrogen-bond acceptors (Lipinski definition) is 4. The topological polar surface area (TPSA) is 48.5 Å². The van der Waals surface area contributed by atoms with Crippen molar-refractivity contribution < 1.29 is 4.79 Å². The Hall–Kier alpha value is -1.62. The Morgan fingerprint density at radius 2 is 2.20 bits per heavy atom. The number of carbonyl (C=O) groups excluding carboxylic acids is 1. The quantitative estimate of drug-likeness (QED) is 0.902. The average Bonchev–Trinajstić information content (AvgIpc) is 2.47. The Labute approximate surface area is 121 Å². The Morgan fingerprint density at radius 3 is 2.85 bits per heavy atom. The standard InChI is InChI=1S/C15H24N4O/c1-18(2)15(20)14-10-13(7-9-17-14)19(3)11-12-6-4-5-8-16-12/h7,9-10,12,16H,4-6,8,11H2,1-3H3. The molecule has 0 spiro atoms. The zero-order chi connectivity index (χ0) is 14.5. The first-order chi connectivity index (χ1) is 9.58. The average molecular weight is 276 g/mol. The molecule has 2 rings (SSSR count). The maximum Gasteiger partial charge on any atom is 0.272 e. The zero-order valence-electron chi connectivity index (χ0n) is 12.6. The monoisotopic (exact) mass is 276 g/mol. The molecule has 5 heteroatoms. The van der Waals surface area contributed by atoms with Crippen LogP contribution in [0.25, 0.3) is 0 Å². The molecular formula is C15H24N4O. The van der Waals surface area contributed by atoms with Crippen molar-refractivity contribution in [1.29, 1.82) is 0 Å². The summed E-state index contributed by atoms with van der Waals surface area (Å²) in [7, 11) is 5.55. The number of likely N-dealkylation sites (N-methyl/N-ethyl adjacent to an activating group) is 1. The van der Waals surface area contributed by atoms with E-state index in [0.717, 1.165) is 18.8 Å². The highest BCUT2D eigenvalue weighted by atomic mass is 16.2. The largest absolute Gasteiger partial charge is 0.373 e. The molecule has 0 bridgehead atoms. The highest BCUT2D eigenvalue weighted by Crippen LogP contribution is 2.16. The van der Waals surface area contributed by atoms with Crippen LogP contribution in [0.1, 0.15) is 29.8 Å². The van der Waals surface area contributed by atoms with Crippen LogP contribution in [0.4, 0.5) is 5.69 Å². The number of aromatic nitrogens is 1. The minimum Gasteiger partial charge on any atom is -0.373 e. The molecule has 0 aliphatic carbocycles. The van der Waals surface area contributed by atoms with Crippen molar-refractivity contribution in [2.45, 2.75) is 25.3 Å². The predicted molar refractivity (Wildman–Crippen MR) is 81.2 cm³/mol. The smallest absolute Gasteiger partial charge is 0.272 e. The minimum atomic E-state index is -0.0592. The third kappa shape index (κ3) is 3.70. The van der Waals surface area contributed by atoms with Gasteiger partial charge in [0, 0.05) is 45.6 Å². The molecule has 1 aromatic heterocycles. The van der Waals surface area contributed by atoms with Gasteiger partial charge in [0.1, 0.15) is 5.69 Å². The Balaban J connectivity index is 2.03. The van der Waals surface area contributed by atoms with Crippen LogP contribution in [0.3, 0.4) is 0 Å². The summed E-state index contributed by atoms with van der Waals surface area (Å²) in [4.78, 5) is 19.8. The van der Waals surface area contributed by atoms with Crippen molar-refractivity contribution >= 4 is 11.6 Å². The molecule has 5 nitrogen and oxygen atoms in total. The Bertz CT molecular complexity index is 455. The van der Waals surface area contributed by atoms with E-state index in [2.05, 4.69) is 22.2 Å². The number of piperidine rings is 1. The molecule has 1 aliphatic rings. The lowest BCUT2D eigenvalue weighted by Gasteiger charge is -2.29. The van der Waals surface area contributed by atoms with Gasteiger partial charge in [0.25, 0.3) is 5.91 Å². The fourth-order valence-corrected chi connectivity index (χ4v) is 2.52. The predicted octanol–water partition coefficient (Wildman–Crippen LogP) is 1.36. The van der Waals surface area contributed by atoms with E-state index in [4.69, 9.17) is 0 Å². The van der Waals surface area contributed by atoms with Crippen molar-refractivity contribution in [1.82, 2.24) is 15.2 Å². The number of anilines is 1. The molecule has 1 fully saturated rings. The molecule has 1 N–H and O–H groups in total. The van der Waals surface area contributed by atoms with Crippen LogP contribution in [0.2, 0.25) is 0 Å². The highest BCUT2D eigenvalue weighted by molar-refractivity contribution is 5.92. The number of pyridine rings is 1. The number of nitrogens with one attached hydrogen (secondary N) is 1. The van der Waals surface area contributed by atoms with Gasteiger partial charge in [-0.05, 0) is 31.5 Å². The van der Waals surface area contributed by atoms with Crippen LogP contribution >= 0.6 is 0 Å². The van der Waals surface area contributed by atoms with Gasteiger partial charge in [0.2, 0.25) is 0 Å². The SMILES string of the molecule is CN(C)C(=O)c1cc(N(C)CC2CCCCN2)ccn1. The second-order valence-electron chi connectivity index (χ2n) is 5.63. The van der Waals surface area contributed by atoms with Gasteiger partial charge < -0.3 is 15.1 Å². The van der Waals surface area contributed by atoms with Gasteiger partial charge in [-0.3, -0.25) is 9.78 Å². The van der Waals surface area contributed by atoms with E-state index in [1.807, 2.05) is 12.1 Å². The third-order valence-electron chi connectivity index (χ3n) is 3.72. The van der Waals surface area contributed by atoms with Crippen LogP contribution in [-0.4, -0.2) is 56.1 Å². The van der Waals surface area contributed by atoms with Crippen molar-refractivity contribution in [3.05, 3.63) is 24.0 Å². The molecule has 1 aliphatic heterocycles. The molecule has 110 valence electrons. The molecule has 2 heterocycles. The lowest BCUT2D eigenvalue weighted by atomic mass is 10.0. The summed E-state index contributed by atoms with van der Waals surface area (Å²) in [5.74, 6) is -0.0592. The van der Waals surface area contributed by atoms with E-state index in [-0.39, 0.29) is 5.91 Å². The fraction of sp³-hybridized carbons (Fsp3) is 0.600. The van der Waals surface area contributed by atoms with Crippen LogP contribution < -0.4 is 10.2 Å². The van der Waals surface area contributed by atoms with E-state index < -0.39 is 0 Å². The molecule has 0 aromatic carbocycles. The summed E-state index contributed by atoms with van der Waals surface area (Å²) < 4.78 is 0. The number of nitrogens with zero attached hydrogens (tertiary/aromatic N) is 3. The highest BCUT2D eigenvalue weighted by Gasteiger charge is 2.16. The van der Waals surface area contributed by atoms with E-state index in [0.29, 0.717) is 11.7 Å². The van der Waals surface area contributed by atoms with E-state index in [9.17, 15) is 4.79 Å². The van der Waals surface area contributed by atoms with Crippen LogP contribution in [0.5, 0.6) is 0 Å². The molecule has 0 saturated carbocycles. The van der Waals surface area contributed by atoms with Gasteiger partial charge in [-0.25, -0.2) is 0 Å². The first-order valence-corrected chi connectivity index (χ1v) is 7.20. The maximum atomic E-state index is 11.9. The van der Waals surface area contributed by atoms with E-state index in [1.54, 1.807) is 25.2 Å². The van der Waals surface area contributed by atoms with Crippen molar-refractivity contribution in [2.24, 2.45) is 0 Å². The molecule has 1 amide bonds. The minimum absolute atomic E-state index is 0.0592. The van der Waals surface area contributed by atoms with Gasteiger partial charge in [-0.1, -0.05) is 6.42 Å². The van der Waals surface area contributed by atoms with Crippen molar-refractivity contribution in [3.63, 3.8) is 0 Å². The lowest BCUT2D eigenvalue weighted by molar-refractivity contribution is 0.0822. The second kappa shape index (κ2) is 6.70. The third-order valence-corrected chi connectivity index (χ3v) is 3.72.